The molecule has 2 aromatic rings. The van der Waals surface area contributed by atoms with Gasteiger partial charge in [-0.3, -0.25) is 4.79 Å². The van der Waals surface area contributed by atoms with Crippen molar-refractivity contribution in [2.24, 2.45) is 0 Å². The van der Waals surface area contributed by atoms with Gasteiger partial charge in [0.15, 0.2) is 12.6 Å². The summed E-state index contributed by atoms with van der Waals surface area (Å²) in [5.74, 6) is 0.570. The third kappa shape index (κ3) is 5.15. The summed E-state index contributed by atoms with van der Waals surface area (Å²) in [5.41, 5.74) is 2.24. The second kappa shape index (κ2) is 10.5. The summed E-state index contributed by atoms with van der Waals surface area (Å²) in [7, 11) is 3.27. The van der Waals surface area contributed by atoms with E-state index >= 15 is 0 Å². The third-order valence-corrected chi connectivity index (χ3v) is 5.85. The smallest absolute Gasteiger partial charge is 0.231 e. The summed E-state index contributed by atoms with van der Waals surface area (Å²) >= 11 is 6.25. The standard InChI is InChI=1S/C24H26ClNO7/c1-29-7-5-26(6-8-30-2)12-19-20(27)4-3-18-22(28)21(33-24(18)19)11-15-9-17(25)10-16-13-31-14-32-23(15)16/h3-4,9-11,27H,5-8,12-14H2,1-2H3. The van der Waals surface area contributed by atoms with Crippen LogP contribution in [0.25, 0.3) is 6.08 Å². The monoisotopic (exact) mass is 475 g/mol. The van der Waals surface area contributed by atoms with Crippen molar-refractivity contribution in [3.05, 3.63) is 57.3 Å². The van der Waals surface area contributed by atoms with Gasteiger partial charge < -0.3 is 33.7 Å². The van der Waals surface area contributed by atoms with Crippen molar-refractivity contribution in [2.45, 2.75) is 13.2 Å². The largest absolute Gasteiger partial charge is 0.872 e. The molecule has 2 aromatic carbocycles. The molecule has 0 aromatic heterocycles. The molecule has 2 aliphatic heterocycles. The number of carbonyl (C=O) groups excluding carboxylic acids is 1. The van der Waals surface area contributed by atoms with Crippen LogP contribution in [0.4, 0.5) is 0 Å². The molecule has 0 saturated heterocycles. The summed E-state index contributed by atoms with van der Waals surface area (Å²) < 4.78 is 27.3. The van der Waals surface area contributed by atoms with Crippen molar-refractivity contribution in [1.82, 2.24) is 0 Å². The lowest BCUT2D eigenvalue weighted by atomic mass is 10.0. The minimum atomic E-state index is -0.289. The van der Waals surface area contributed by atoms with Gasteiger partial charge in [-0.2, -0.15) is 0 Å². The number of allylic oxidation sites excluding steroid dienone is 1. The van der Waals surface area contributed by atoms with Crippen LogP contribution in [0.3, 0.4) is 0 Å². The van der Waals surface area contributed by atoms with Crippen LogP contribution in [0.15, 0.2) is 30.0 Å². The molecule has 4 rings (SSSR count). The summed E-state index contributed by atoms with van der Waals surface area (Å²) in [6, 6.07) is 6.42. The topological polar surface area (TPSA) is 90.7 Å². The molecule has 0 saturated carbocycles. The molecule has 0 fully saturated rings. The van der Waals surface area contributed by atoms with E-state index in [0.29, 0.717) is 72.7 Å². The molecule has 0 aliphatic carbocycles. The van der Waals surface area contributed by atoms with Crippen molar-refractivity contribution in [2.75, 3.05) is 47.3 Å². The second-order valence-electron chi connectivity index (χ2n) is 7.87. The van der Waals surface area contributed by atoms with Crippen LogP contribution in [-0.4, -0.2) is 53.1 Å². The first kappa shape index (κ1) is 23.5. The van der Waals surface area contributed by atoms with E-state index in [1.54, 1.807) is 32.4 Å². The first-order valence-electron chi connectivity index (χ1n) is 10.6. The zero-order valence-electron chi connectivity index (χ0n) is 18.6. The zero-order valence-corrected chi connectivity index (χ0v) is 19.3. The van der Waals surface area contributed by atoms with Crippen LogP contribution in [0, 0.1) is 0 Å². The third-order valence-electron chi connectivity index (χ3n) is 5.63. The van der Waals surface area contributed by atoms with Gasteiger partial charge in [0.2, 0.25) is 5.78 Å². The molecule has 2 heterocycles. The fourth-order valence-corrected chi connectivity index (χ4v) is 4.21. The predicted octanol–water partition coefficient (Wildman–Crippen LogP) is 1.57. The van der Waals surface area contributed by atoms with E-state index in [1.807, 2.05) is 0 Å². The van der Waals surface area contributed by atoms with E-state index in [-0.39, 0.29) is 24.1 Å². The van der Waals surface area contributed by atoms with E-state index in [2.05, 4.69) is 0 Å². The van der Waals surface area contributed by atoms with Crippen LogP contribution in [0.5, 0.6) is 17.2 Å². The lowest BCUT2D eigenvalue weighted by molar-refractivity contribution is -0.914. The highest BCUT2D eigenvalue weighted by molar-refractivity contribution is 6.31. The number of quaternary nitrogens is 1. The first-order chi connectivity index (χ1) is 16.0. The van der Waals surface area contributed by atoms with Crippen molar-refractivity contribution < 1.29 is 38.5 Å². The summed E-state index contributed by atoms with van der Waals surface area (Å²) in [4.78, 5) is 14.2. The maximum absolute atomic E-state index is 13.1. The van der Waals surface area contributed by atoms with Crippen molar-refractivity contribution in [3.63, 3.8) is 0 Å². The van der Waals surface area contributed by atoms with E-state index in [0.717, 1.165) is 10.5 Å². The fourth-order valence-electron chi connectivity index (χ4n) is 3.96. The van der Waals surface area contributed by atoms with E-state index in [1.165, 1.54) is 12.1 Å². The molecule has 9 heteroatoms. The number of ether oxygens (including phenoxy) is 5. The number of methoxy groups -OCH3 is 2. The van der Waals surface area contributed by atoms with Gasteiger partial charge in [0.05, 0.1) is 25.4 Å². The van der Waals surface area contributed by atoms with Crippen LogP contribution >= 0.6 is 11.6 Å². The predicted molar refractivity (Wildman–Crippen MR) is 119 cm³/mol. The zero-order chi connectivity index (χ0) is 23.4. The summed E-state index contributed by atoms with van der Waals surface area (Å²) in [6.45, 7) is 3.33. The van der Waals surface area contributed by atoms with E-state index in [4.69, 9.17) is 35.3 Å². The Balaban J connectivity index is 1.65. The molecule has 176 valence electrons. The number of rotatable bonds is 9. The lowest BCUT2D eigenvalue weighted by Gasteiger charge is -2.23. The summed E-state index contributed by atoms with van der Waals surface area (Å²) in [6.07, 6.45) is 1.60. The molecule has 2 aliphatic rings. The molecular weight excluding hydrogens is 450 g/mol. The Morgan fingerprint density at radius 1 is 1.15 bits per heavy atom. The van der Waals surface area contributed by atoms with Crippen molar-refractivity contribution in [3.8, 4) is 17.2 Å². The molecular formula is C24H26ClNO7. The average molecular weight is 476 g/mol. The number of ketones is 1. The number of nitrogens with one attached hydrogen (secondary N) is 1. The number of halogens is 1. The number of Topliss-reactive ketones (excluding diaryl/α,β-unsaturated/α-hetero) is 1. The molecule has 0 atom stereocenters. The van der Waals surface area contributed by atoms with Crippen LogP contribution in [-0.2, 0) is 27.4 Å². The second-order valence-corrected chi connectivity index (χ2v) is 8.30. The number of hydrogen-bond donors (Lipinski definition) is 1. The molecule has 0 amide bonds. The number of fused-ring (bicyclic) bond motifs is 2. The van der Waals surface area contributed by atoms with Gasteiger partial charge in [0, 0.05) is 35.9 Å². The minimum absolute atomic E-state index is 0.116. The van der Waals surface area contributed by atoms with Crippen LogP contribution < -0.4 is 19.5 Å². The van der Waals surface area contributed by atoms with Gasteiger partial charge in [-0.05, 0) is 24.3 Å². The average Bonchev–Trinajstić information content (AvgIpc) is 3.12. The molecule has 33 heavy (non-hydrogen) atoms. The first-order valence-corrected chi connectivity index (χ1v) is 11.0. The normalized spacial score (nSPS) is 16.0. The van der Waals surface area contributed by atoms with E-state index in [9.17, 15) is 9.90 Å². The Bertz CT molecular complexity index is 1060. The maximum atomic E-state index is 13.1. The van der Waals surface area contributed by atoms with Crippen LogP contribution in [0.1, 0.15) is 27.0 Å². The van der Waals surface area contributed by atoms with Gasteiger partial charge in [0.1, 0.15) is 31.1 Å². The highest BCUT2D eigenvalue weighted by Gasteiger charge is 2.31. The minimum Gasteiger partial charge on any atom is -0.872 e. The Labute approximate surface area is 197 Å². The highest BCUT2D eigenvalue weighted by atomic mass is 35.5. The quantitative estimate of drug-likeness (QED) is 0.550. The Hall–Kier alpha value is -2.62. The molecule has 0 unspecified atom stereocenters. The molecule has 1 N–H and O–H groups in total. The van der Waals surface area contributed by atoms with Crippen molar-refractivity contribution in [1.29, 1.82) is 0 Å². The van der Waals surface area contributed by atoms with Gasteiger partial charge >= 0.3 is 0 Å². The van der Waals surface area contributed by atoms with Crippen LogP contribution in [0.2, 0.25) is 5.02 Å². The van der Waals surface area contributed by atoms with E-state index < -0.39 is 0 Å². The fraction of sp³-hybridized carbons (Fsp3) is 0.375. The molecule has 0 spiro atoms. The number of benzene rings is 2. The van der Waals surface area contributed by atoms with Gasteiger partial charge in [-0.1, -0.05) is 23.4 Å². The van der Waals surface area contributed by atoms with Gasteiger partial charge in [0.25, 0.3) is 0 Å². The molecule has 8 nitrogen and oxygen atoms in total. The highest BCUT2D eigenvalue weighted by Crippen LogP contribution is 2.40. The Kier molecular flexibility index (Phi) is 7.52. The summed E-state index contributed by atoms with van der Waals surface area (Å²) in [5, 5.41) is 13.2. The number of carbonyl (C=O) groups is 1. The molecule has 0 bridgehead atoms. The maximum Gasteiger partial charge on any atom is 0.231 e. The van der Waals surface area contributed by atoms with Crippen molar-refractivity contribution >= 4 is 23.5 Å². The van der Waals surface area contributed by atoms with Gasteiger partial charge in [-0.15, -0.1) is 0 Å². The lowest BCUT2D eigenvalue weighted by Crippen LogP contribution is -3.11. The van der Waals surface area contributed by atoms with Gasteiger partial charge in [-0.25, -0.2) is 0 Å². The molecule has 0 radical (unpaired) electrons. The SMILES string of the molecule is COCC[NH+](CCOC)Cc1c([O-])ccc2c1OC(=Cc1cc(Cl)cc3c1OCOC3)C2=O. The Morgan fingerprint density at radius 2 is 1.91 bits per heavy atom. The number of hydrogen-bond acceptors (Lipinski definition) is 7. The Morgan fingerprint density at radius 3 is 2.64 bits per heavy atom.